The third-order valence-corrected chi connectivity index (χ3v) is 4.29. The van der Waals surface area contributed by atoms with Gasteiger partial charge >= 0.3 is 0 Å². The summed E-state index contributed by atoms with van der Waals surface area (Å²) in [5.74, 6) is 1.48. The predicted molar refractivity (Wildman–Crippen MR) is 80.3 cm³/mol. The number of carbonyl (C=O) groups excluding carboxylic acids is 1. The minimum atomic E-state index is -0.0683. The third-order valence-electron chi connectivity index (χ3n) is 4.29. The molecule has 0 spiro atoms. The van der Waals surface area contributed by atoms with Crippen LogP contribution in [0.2, 0.25) is 0 Å². The molecule has 22 heavy (non-hydrogen) atoms. The summed E-state index contributed by atoms with van der Waals surface area (Å²) in [6.45, 7) is 6.97. The molecule has 0 unspecified atom stereocenters. The molecule has 1 saturated heterocycles. The molecule has 0 aliphatic carbocycles. The second kappa shape index (κ2) is 5.92. The van der Waals surface area contributed by atoms with E-state index in [-0.39, 0.29) is 11.9 Å². The van der Waals surface area contributed by atoms with E-state index in [2.05, 4.69) is 21.8 Å². The second-order valence-electron chi connectivity index (χ2n) is 5.55. The average molecular weight is 303 g/mol. The molecular weight excluding hydrogens is 282 g/mol. The molecule has 1 aliphatic heterocycles. The summed E-state index contributed by atoms with van der Waals surface area (Å²) in [5.41, 5.74) is 0.406. The Hall–Kier alpha value is -2.15. The van der Waals surface area contributed by atoms with Crippen molar-refractivity contribution in [1.29, 1.82) is 0 Å². The van der Waals surface area contributed by atoms with Crippen LogP contribution < -0.4 is 0 Å². The lowest BCUT2D eigenvalue weighted by Crippen LogP contribution is -2.51. The molecule has 0 N–H and O–H groups in total. The van der Waals surface area contributed by atoms with Crippen molar-refractivity contribution in [2.45, 2.75) is 19.9 Å². The fourth-order valence-corrected chi connectivity index (χ4v) is 2.99. The zero-order chi connectivity index (χ0) is 15.7. The Kier molecular flexibility index (Phi) is 3.98. The van der Waals surface area contributed by atoms with Crippen LogP contribution in [0.4, 0.5) is 0 Å². The molecule has 3 heterocycles. The Bertz CT molecular complexity index is 662. The van der Waals surface area contributed by atoms with Crippen molar-refractivity contribution in [2.24, 2.45) is 7.05 Å². The van der Waals surface area contributed by atoms with Crippen LogP contribution in [0.5, 0.6) is 0 Å². The van der Waals surface area contributed by atoms with E-state index >= 15 is 0 Å². The number of piperazine rings is 1. The molecule has 1 atom stereocenters. The van der Waals surface area contributed by atoms with Gasteiger partial charge in [-0.3, -0.25) is 9.69 Å². The maximum Gasteiger partial charge on any atom is 0.276 e. The smallest absolute Gasteiger partial charge is 0.276 e. The molecule has 0 saturated carbocycles. The summed E-state index contributed by atoms with van der Waals surface area (Å²) in [6.07, 6.45) is 5.05. The SMILES string of the molecule is CCN1CCN(C(=O)c2ncoc2C)C[C@H]1c1nccn1C. The minimum absolute atomic E-state index is 0.0683. The van der Waals surface area contributed by atoms with E-state index in [1.54, 1.807) is 13.1 Å². The van der Waals surface area contributed by atoms with E-state index in [0.29, 0.717) is 24.5 Å². The average Bonchev–Trinajstić information content (AvgIpc) is 3.14. The number of rotatable bonds is 3. The molecule has 1 aliphatic rings. The summed E-state index contributed by atoms with van der Waals surface area (Å²) in [4.78, 5) is 25.3. The molecular formula is C15H21N5O2. The molecule has 0 aromatic carbocycles. The number of aromatic nitrogens is 3. The Balaban J connectivity index is 1.83. The van der Waals surface area contributed by atoms with Gasteiger partial charge in [-0.15, -0.1) is 0 Å². The van der Waals surface area contributed by atoms with Crippen LogP contribution in [0.3, 0.4) is 0 Å². The van der Waals surface area contributed by atoms with Gasteiger partial charge in [0, 0.05) is 39.1 Å². The van der Waals surface area contributed by atoms with Gasteiger partial charge in [-0.25, -0.2) is 9.97 Å². The van der Waals surface area contributed by atoms with Crippen LogP contribution in [0.25, 0.3) is 0 Å². The number of oxazole rings is 1. The van der Waals surface area contributed by atoms with Crippen LogP contribution in [-0.4, -0.2) is 56.4 Å². The van der Waals surface area contributed by atoms with E-state index in [4.69, 9.17) is 4.42 Å². The van der Waals surface area contributed by atoms with Gasteiger partial charge in [-0.2, -0.15) is 0 Å². The molecule has 1 fully saturated rings. The first-order valence-corrected chi connectivity index (χ1v) is 7.52. The number of aryl methyl sites for hydroxylation is 2. The monoisotopic (exact) mass is 303 g/mol. The summed E-state index contributed by atoms with van der Waals surface area (Å²) >= 11 is 0. The maximum atomic E-state index is 12.6. The molecule has 0 bridgehead atoms. The zero-order valence-electron chi connectivity index (χ0n) is 13.2. The lowest BCUT2D eigenvalue weighted by Gasteiger charge is -2.40. The van der Waals surface area contributed by atoms with Crippen molar-refractivity contribution in [3.05, 3.63) is 36.1 Å². The predicted octanol–water partition coefficient (Wildman–Crippen LogP) is 1.24. The number of carbonyl (C=O) groups is 1. The van der Waals surface area contributed by atoms with Crippen LogP contribution in [-0.2, 0) is 7.05 Å². The van der Waals surface area contributed by atoms with E-state index in [1.165, 1.54) is 6.39 Å². The van der Waals surface area contributed by atoms with Crippen molar-refractivity contribution < 1.29 is 9.21 Å². The van der Waals surface area contributed by atoms with Crippen LogP contribution >= 0.6 is 0 Å². The summed E-state index contributed by atoms with van der Waals surface area (Å²) in [6, 6.07) is 0.106. The Morgan fingerprint density at radius 3 is 2.82 bits per heavy atom. The van der Waals surface area contributed by atoms with Crippen molar-refractivity contribution >= 4 is 5.91 Å². The quantitative estimate of drug-likeness (QED) is 0.853. The summed E-state index contributed by atoms with van der Waals surface area (Å²) in [5, 5.41) is 0. The molecule has 0 radical (unpaired) electrons. The lowest BCUT2D eigenvalue weighted by molar-refractivity contribution is 0.0467. The first-order valence-electron chi connectivity index (χ1n) is 7.52. The number of amides is 1. The van der Waals surface area contributed by atoms with Crippen molar-refractivity contribution in [1.82, 2.24) is 24.3 Å². The molecule has 118 valence electrons. The van der Waals surface area contributed by atoms with Crippen molar-refractivity contribution in [2.75, 3.05) is 26.2 Å². The fourth-order valence-electron chi connectivity index (χ4n) is 2.99. The molecule has 2 aromatic rings. The normalized spacial score (nSPS) is 19.6. The van der Waals surface area contributed by atoms with Crippen LogP contribution in [0.15, 0.2) is 23.2 Å². The minimum Gasteiger partial charge on any atom is -0.448 e. The Morgan fingerprint density at radius 1 is 1.41 bits per heavy atom. The molecule has 7 heteroatoms. The molecule has 2 aromatic heterocycles. The third kappa shape index (κ3) is 2.52. The van der Waals surface area contributed by atoms with Gasteiger partial charge in [0.1, 0.15) is 11.6 Å². The zero-order valence-corrected chi connectivity index (χ0v) is 13.2. The highest BCUT2D eigenvalue weighted by atomic mass is 16.3. The molecule has 1 amide bonds. The highest BCUT2D eigenvalue weighted by molar-refractivity contribution is 5.93. The number of nitrogens with zero attached hydrogens (tertiary/aromatic N) is 5. The van der Waals surface area contributed by atoms with Crippen molar-refractivity contribution in [3.8, 4) is 0 Å². The highest BCUT2D eigenvalue weighted by Gasteiger charge is 2.33. The summed E-state index contributed by atoms with van der Waals surface area (Å²) in [7, 11) is 1.98. The van der Waals surface area contributed by atoms with Crippen LogP contribution in [0.1, 0.15) is 35.0 Å². The lowest BCUT2D eigenvalue weighted by atomic mass is 10.1. The Labute approximate surface area is 129 Å². The fraction of sp³-hybridized carbons (Fsp3) is 0.533. The Morgan fingerprint density at radius 2 is 2.23 bits per heavy atom. The number of imidazole rings is 1. The maximum absolute atomic E-state index is 12.6. The standard InChI is InChI=1S/C15H21N5O2/c1-4-19-7-8-20(15(21)13-11(2)22-10-17-13)9-12(19)14-16-5-6-18(14)3/h5-6,10,12H,4,7-9H2,1-3H3/t12-/m0/s1. The molecule has 3 rings (SSSR count). The van der Waals surface area contributed by atoms with E-state index in [9.17, 15) is 4.79 Å². The van der Waals surface area contributed by atoms with E-state index in [0.717, 1.165) is 18.9 Å². The van der Waals surface area contributed by atoms with Crippen LogP contribution in [0, 0.1) is 6.92 Å². The number of hydrogen-bond acceptors (Lipinski definition) is 5. The van der Waals surface area contributed by atoms with E-state index in [1.807, 2.05) is 22.7 Å². The van der Waals surface area contributed by atoms with Gasteiger partial charge < -0.3 is 13.9 Å². The number of hydrogen-bond donors (Lipinski definition) is 0. The van der Waals surface area contributed by atoms with Gasteiger partial charge in [0.05, 0.1) is 6.04 Å². The van der Waals surface area contributed by atoms with Gasteiger partial charge in [-0.1, -0.05) is 6.92 Å². The second-order valence-corrected chi connectivity index (χ2v) is 5.55. The van der Waals surface area contributed by atoms with E-state index < -0.39 is 0 Å². The van der Waals surface area contributed by atoms with Crippen molar-refractivity contribution in [3.63, 3.8) is 0 Å². The highest BCUT2D eigenvalue weighted by Crippen LogP contribution is 2.25. The molecule has 7 nitrogen and oxygen atoms in total. The topological polar surface area (TPSA) is 67.4 Å². The van der Waals surface area contributed by atoms with Gasteiger partial charge in [-0.05, 0) is 13.5 Å². The summed E-state index contributed by atoms with van der Waals surface area (Å²) < 4.78 is 7.17. The number of likely N-dealkylation sites (N-methyl/N-ethyl adjacent to an activating group) is 1. The van der Waals surface area contributed by atoms with Gasteiger partial charge in [0.2, 0.25) is 0 Å². The van der Waals surface area contributed by atoms with Gasteiger partial charge in [0.25, 0.3) is 5.91 Å². The first-order chi connectivity index (χ1) is 10.6. The first kappa shape index (κ1) is 14.8. The van der Waals surface area contributed by atoms with Gasteiger partial charge in [0.15, 0.2) is 12.1 Å². The largest absolute Gasteiger partial charge is 0.448 e.